The molecule has 4 rings (SSSR count). The summed E-state index contributed by atoms with van der Waals surface area (Å²) in [5, 5.41) is 3.35. The lowest BCUT2D eigenvalue weighted by Gasteiger charge is -2.35. The van der Waals surface area contributed by atoms with Gasteiger partial charge in [0.25, 0.3) is 0 Å². The number of rotatable bonds is 3. The van der Waals surface area contributed by atoms with E-state index in [1.165, 1.54) is 12.1 Å². The van der Waals surface area contributed by atoms with Crippen molar-refractivity contribution in [2.24, 2.45) is 0 Å². The van der Waals surface area contributed by atoms with Gasteiger partial charge in [0, 0.05) is 37.4 Å². The lowest BCUT2D eigenvalue weighted by Crippen LogP contribution is -2.44. The number of hydrogen-bond donors (Lipinski definition) is 1. The van der Waals surface area contributed by atoms with E-state index in [1.807, 2.05) is 18.2 Å². The summed E-state index contributed by atoms with van der Waals surface area (Å²) < 4.78 is 18.9. The molecule has 130 valence electrons. The number of halogens is 1. The summed E-state index contributed by atoms with van der Waals surface area (Å²) in [6, 6.07) is 12.3. The summed E-state index contributed by atoms with van der Waals surface area (Å²) in [5.41, 5.74) is 3.70. The largest absolute Gasteiger partial charge is 0.444 e. The molecule has 0 bridgehead atoms. The van der Waals surface area contributed by atoms with Crippen LogP contribution in [0.4, 0.5) is 20.6 Å². The number of amides is 1. The van der Waals surface area contributed by atoms with E-state index in [4.69, 9.17) is 4.74 Å². The number of fused-ring (bicyclic) bond motifs is 1. The molecule has 0 saturated carbocycles. The van der Waals surface area contributed by atoms with Crippen molar-refractivity contribution in [3.8, 4) is 0 Å². The van der Waals surface area contributed by atoms with Gasteiger partial charge in [0.2, 0.25) is 0 Å². The van der Waals surface area contributed by atoms with Crippen LogP contribution in [0.25, 0.3) is 0 Å². The third kappa shape index (κ3) is 3.17. The van der Waals surface area contributed by atoms with E-state index in [9.17, 15) is 9.18 Å². The van der Waals surface area contributed by atoms with Crippen molar-refractivity contribution in [2.45, 2.75) is 13.2 Å². The zero-order valence-electron chi connectivity index (χ0n) is 13.9. The Morgan fingerprint density at radius 1 is 1.08 bits per heavy atom. The molecule has 1 fully saturated rings. The predicted octanol–water partition coefficient (Wildman–Crippen LogP) is 2.89. The number of anilines is 2. The number of ether oxygens (including phenoxy) is 1. The minimum atomic E-state index is -0.394. The van der Waals surface area contributed by atoms with Gasteiger partial charge in [0.15, 0.2) is 0 Å². The molecular formula is C19H20FN3O2. The first-order chi connectivity index (χ1) is 12.2. The average molecular weight is 341 g/mol. The number of benzene rings is 2. The summed E-state index contributed by atoms with van der Waals surface area (Å²) >= 11 is 0. The number of cyclic esters (lactones) is 1. The summed E-state index contributed by atoms with van der Waals surface area (Å²) in [5.74, 6) is -0.308. The molecule has 1 amide bonds. The van der Waals surface area contributed by atoms with Crippen LogP contribution in [-0.2, 0) is 17.9 Å². The zero-order chi connectivity index (χ0) is 17.2. The fourth-order valence-electron chi connectivity index (χ4n) is 3.44. The molecule has 0 atom stereocenters. The fourth-order valence-corrected chi connectivity index (χ4v) is 3.44. The Balaban J connectivity index is 1.68. The number of carbonyl (C=O) groups excluding carboxylic acids is 1. The van der Waals surface area contributed by atoms with Gasteiger partial charge >= 0.3 is 6.09 Å². The van der Waals surface area contributed by atoms with Gasteiger partial charge in [-0.25, -0.2) is 9.18 Å². The van der Waals surface area contributed by atoms with Crippen molar-refractivity contribution in [1.29, 1.82) is 0 Å². The van der Waals surface area contributed by atoms with E-state index in [-0.39, 0.29) is 19.0 Å². The van der Waals surface area contributed by atoms with Crippen LogP contribution in [0.15, 0.2) is 42.5 Å². The van der Waals surface area contributed by atoms with Crippen molar-refractivity contribution >= 4 is 17.5 Å². The Morgan fingerprint density at radius 2 is 1.84 bits per heavy atom. The van der Waals surface area contributed by atoms with Gasteiger partial charge in [-0.05, 0) is 29.8 Å². The van der Waals surface area contributed by atoms with E-state index >= 15 is 0 Å². The van der Waals surface area contributed by atoms with Crippen LogP contribution in [-0.4, -0.2) is 32.3 Å². The quantitative estimate of drug-likeness (QED) is 0.932. The molecule has 2 aliphatic rings. The average Bonchev–Trinajstić information content (AvgIpc) is 2.64. The van der Waals surface area contributed by atoms with E-state index in [0.29, 0.717) is 0 Å². The highest BCUT2D eigenvalue weighted by atomic mass is 19.1. The number of nitrogens with zero attached hydrogens (tertiary/aromatic N) is 2. The van der Waals surface area contributed by atoms with E-state index in [0.717, 1.165) is 48.7 Å². The van der Waals surface area contributed by atoms with Crippen molar-refractivity contribution < 1.29 is 13.9 Å². The van der Waals surface area contributed by atoms with Crippen molar-refractivity contribution in [3.05, 3.63) is 59.4 Å². The van der Waals surface area contributed by atoms with Crippen molar-refractivity contribution in [3.63, 3.8) is 0 Å². The second-order valence-corrected chi connectivity index (χ2v) is 6.28. The van der Waals surface area contributed by atoms with Gasteiger partial charge < -0.3 is 15.0 Å². The minimum Gasteiger partial charge on any atom is -0.444 e. The second-order valence-electron chi connectivity index (χ2n) is 6.28. The highest BCUT2D eigenvalue weighted by Crippen LogP contribution is 2.35. The molecule has 0 unspecified atom stereocenters. The molecule has 1 N–H and O–H groups in total. The monoisotopic (exact) mass is 341 g/mol. The summed E-state index contributed by atoms with van der Waals surface area (Å²) in [6.45, 7) is 4.29. The third-order valence-corrected chi connectivity index (χ3v) is 4.67. The zero-order valence-corrected chi connectivity index (χ0v) is 13.9. The molecule has 0 aliphatic carbocycles. The van der Waals surface area contributed by atoms with Gasteiger partial charge in [-0.2, -0.15) is 0 Å². The fraction of sp³-hybridized carbons (Fsp3) is 0.316. The molecule has 2 aromatic carbocycles. The molecule has 2 heterocycles. The predicted molar refractivity (Wildman–Crippen MR) is 94.3 cm³/mol. The standard InChI is InChI=1S/C19H20FN3O2/c20-15-4-1-3-14(11-15)12-23-18-6-2-5-17(16(18)13-25-19(23)24)22-9-7-21-8-10-22/h1-6,11,21H,7-10,12-13H2. The Hall–Kier alpha value is -2.60. The normalized spacial score (nSPS) is 17.2. The molecule has 0 spiro atoms. The Morgan fingerprint density at radius 3 is 2.64 bits per heavy atom. The molecule has 0 aromatic heterocycles. The summed E-state index contributed by atoms with van der Waals surface area (Å²) in [6.07, 6.45) is -0.394. The second kappa shape index (κ2) is 6.72. The number of piperazine rings is 1. The number of nitrogens with one attached hydrogen (secondary N) is 1. The number of carbonyl (C=O) groups is 1. The molecule has 1 saturated heterocycles. The molecule has 0 radical (unpaired) electrons. The maximum absolute atomic E-state index is 13.5. The summed E-state index contributed by atoms with van der Waals surface area (Å²) in [4.78, 5) is 16.2. The first-order valence-electron chi connectivity index (χ1n) is 8.49. The van der Waals surface area contributed by atoms with Crippen LogP contribution in [0.3, 0.4) is 0 Å². The van der Waals surface area contributed by atoms with Crippen molar-refractivity contribution in [1.82, 2.24) is 5.32 Å². The van der Waals surface area contributed by atoms with Crippen LogP contribution in [0.2, 0.25) is 0 Å². The maximum Gasteiger partial charge on any atom is 0.414 e. The highest BCUT2D eigenvalue weighted by Gasteiger charge is 2.29. The Bertz CT molecular complexity index is 790. The molecule has 6 heteroatoms. The molecule has 2 aliphatic heterocycles. The topological polar surface area (TPSA) is 44.8 Å². The van der Waals surface area contributed by atoms with Gasteiger partial charge in [-0.15, -0.1) is 0 Å². The SMILES string of the molecule is O=C1OCc2c(N3CCNCC3)cccc2N1Cc1cccc(F)c1. The van der Waals surface area contributed by atoms with Gasteiger partial charge in [-0.3, -0.25) is 4.90 Å². The van der Waals surface area contributed by atoms with E-state index in [2.05, 4.69) is 16.3 Å². The Labute approximate surface area is 146 Å². The van der Waals surface area contributed by atoms with Crippen LogP contribution < -0.4 is 15.1 Å². The third-order valence-electron chi connectivity index (χ3n) is 4.67. The molecular weight excluding hydrogens is 321 g/mol. The summed E-state index contributed by atoms with van der Waals surface area (Å²) in [7, 11) is 0. The van der Waals surface area contributed by atoms with Crippen LogP contribution in [0.1, 0.15) is 11.1 Å². The first kappa shape index (κ1) is 15.9. The molecule has 25 heavy (non-hydrogen) atoms. The maximum atomic E-state index is 13.5. The van der Waals surface area contributed by atoms with Gasteiger partial charge in [-0.1, -0.05) is 18.2 Å². The van der Waals surface area contributed by atoms with Gasteiger partial charge in [0.05, 0.1) is 12.2 Å². The smallest absolute Gasteiger partial charge is 0.414 e. The van der Waals surface area contributed by atoms with E-state index in [1.54, 1.807) is 11.0 Å². The lowest BCUT2D eigenvalue weighted by molar-refractivity contribution is 0.141. The van der Waals surface area contributed by atoms with Crippen LogP contribution in [0, 0.1) is 5.82 Å². The number of hydrogen-bond acceptors (Lipinski definition) is 4. The van der Waals surface area contributed by atoms with Crippen LogP contribution in [0.5, 0.6) is 0 Å². The van der Waals surface area contributed by atoms with Crippen LogP contribution >= 0.6 is 0 Å². The minimum absolute atomic E-state index is 0.272. The van der Waals surface area contributed by atoms with E-state index < -0.39 is 6.09 Å². The molecule has 2 aromatic rings. The highest BCUT2D eigenvalue weighted by molar-refractivity contribution is 5.92. The first-order valence-corrected chi connectivity index (χ1v) is 8.49. The lowest BCUT2D eigenvalue weighted by atomic mass is 10.1. The molecule has 5 nitrogen and oxygen atoms in total. The van der Waals surface area contributed by atoms with Crippen molar-refractivity contribution in [2.75, 3.05) is 36.0 Å². The van der Waals surface area contributed by atoms with Gasteiger partial charge in [0.1, 0.15) is 12.4 Å². The Kier molecular flexibility index (Phi) is 4.28.